The molecule has 0 aromatic heterocycles. The number of carbonyl (C=O) groups is 1. The summed E-state index contributed by atoms with van der Waals surface area (Å²) >= 11 is 0. The van der Waals surface area contributed by atoms with Crippen molar-refractivity contribution in [3.63, 3.8) is 0 Å². The molecule has 1 aromatic rings. The van der Waals surface area contributed by atoms with Gasteiger partial charge in [0.1, 0.15) is 18.2 Å². The van der Waals surface area contributed by atoms with Crippen molar-refractivity contribution in [2.24, 2.45) is 5.92 Å². The largest absolute Gasteiger partial charge is 0.492 e. The minimum Gasteiger partial charge on any atom is -0.492 e. The molecule has 1 saturated heterocycles. The number of hydrogen-bond acceptors (Lipinski definition) is 4. The molecule has 6 heteroatoms. The van der Waals surface area contributed by atoms with E-state index < -0.39 is 0 Å². The van der Waals surface area contributed by atoms with Gasteiger partial charge in [-0.05, 0) is 30.2 Å². The number of benzene rings is 1. The lowest BCUT2D eigenvalue weighted by Crippen LogP contribution is -2.50. The topological polar surface area (TPSA) is 44.8 Å². The molecule has 0 spiro atoms. The van der Waals surface area contributed by atoms with Crippen molar-refractivity contribution in [3.8, 4) is 5.75 Å². The fraction of sp³-hybridized carbons (Fsp3) is 0.611. The molecular weight excluding hydrogens is 309 g/mol. The summed E-state index contributed by atoms with van der Waals surface area (Å²) in [5, 5.41) is 2.86. The highest BCUT2D eigenvalue weighted by Gasteiger charge is 2.19. The SMILES string of the molecule is CC(C)CN1CCN(CC(=O)NCCOc2ccc(F)cc2)CC1. The van der Waals surface area contributed by atoms with Crippen LogP contribution in [0.1, 0.15) is 13.8 Å². The Morgan fingerprint density at radius 3 is 2.42 bits per heavy atom. The van der Waals surface area contributed by atoms with Gasteiger partial charge in [0, 0.05) is 32.7 Å². The van der Waals surface area contributed by atoms with Crippen molar-refractivity contribution in [2.45, 2.75) is 13.8 Å². The van der Waals surface area contributed by atoms with Gasteiger partial charge in [-0.3, -0.25) is 9.69 Å². The minimum absolute atomic E-state index is 0.0232. The zero-order valence-electron chi connectivity index (χ0n) is 14.6. The number of ether oxygens (including phenoxy) is 1. The molecular formula is C18H28FN3O2. The first-order chi connectivity index (χ1) is 11.5. The molecule has 5 nitrogen and oxygen atoms in total. The summed E-state index contributed by atoms with van der Waals surface area (Å²) in [6, 6.07) is 5.86. The predicted octanol–water partition coefficient (Wildman–Crippen LogP) is 1.59. The highest BCUT2D eigenvalue weighted by atomic mass is 19.1. The molecule has 2 rings (SSSR count). The van der Waals surface area contributed by atoms with Crippen molar-refractivity contribution in [1.82, 2.24) is 15.1 Å². The molecule has 1 amide bonds. The average molecular weight is 337 g/mol. The summed E-state index contributed by atoms with van der Waals surface area (Å²) in [5.41, 5.74) is 0. The summed E-state index contributed by atoms with van der Waals surface area (Å²) in [6.07, 6.45) is 0. The van der Waals surface area contributed by atoms with Gasteiger partial charge in [-0.1, -0.05) is 13.8 Å². The van der Waals surface area contributed by atoms with E-state index in [2.05, 4.69) is 29.0 Å². The van der Waals surface area contributed by atoms with Crippen molar-refractivity contribution < 1.29 is 13.9 Å². The van der Waals surface area contributed by atoms with Crippen molar-refractivity contribution in [1.29, 1.82) is 0 Å². The van der Waals surface area contributed by atoms with E-state index in [1.54, 1.807) is 12.1 Å². The van der Waals surface area contributed by atoms with Crippen LogP contribution in [0.2, 0.25) is 0 Å². The average Bonchev–Trinajstić information content (AvgIpc) is 2.55. The van der Waals surface area contributed by atoms with Gasteiger partial charge in [0.15, 0.2) is 0 Å². The summed E-state index contributed by atoms with van der Waals surface area (Å²) in [6.45, 7) is 10.8. The molecule has 1 aliphatic rings. The van der Waals surface area contributed by atoms with Crippen LogP contribution in [-0.2, 0) is 4.79 Å². The molecule has 24 heavy (non-hydrogen) atoms. The van der Waals surface area contributed by atoms with Crippen molar-refractivity contribution in [3.05, 3.63) is 30.1 Å². The number of halogens is 1. The Balaban J connectivity index is 1.56. The fourth-order valence-electron chi connectivity index (χ4n) is 2.80. The molecule has 0 atom stereocenters. The van der Waals surface area contributed by atoms with Crippen LogP contribution >= 0.6 is 0 Å². The van der Waals surface area contributed by atoms with Crippen LogP contribution < -0.4 is 10.1 Å². The van der Waals surface area contributed by atoms with E-state index >= 15 is 0 Å². The minimum atomic E-state index is -0.288. The van der Waals surface area contributed by atoms with Gasteiger partial charge < -0.3 is 15.0 Å². The van der Waals surface area contributed by atoms with Crippen LogP contribution in [0.4, 0.5) is 4.39 Å². The molecule has 1 aliphatic heterocycles. The molecule has 1 heterocycles. The second kappa shape index (κ2) is 9.59. The summed E-state index contributed by atoms with van der Waals surface area (Å²) in [5.74, 6) is 1.02. The second-order valence-electron chi connectivity index (χ2n) is 6.62. The number of nitrogens with zero attached hydrogens (tertiary/aromatic N) is 2. The second-order valence-corrected chi connectivity index (χ2v) is 6.62. The monoisotopic (exact) mass is 337 g/mol. The first-order valence-corrected chi connectivity index (χ1v) is 8.62. The van der Waals surface area contributed by atoms with E-state index in [-0.39, 0.29) is 11.7 Å². The number of piperazine rings is 1. The Hall–Kier alpha value is -1.66. The highest BCUT2D eigenvalue weighted by molar-refractivity contribution is 5.78. The number of nitrogens with one attached hydrogen (secondary N) is 1. The molecule has 0 radical (unpaired) electrons. The van der Waals surface area contributed by atoms with Crippen LogP contribution in [-0.4, -0.2) is 68.1 Å². The predicted molar refractivity (Wildman–Crippen MR) is 92.6 cm³/mol. The van der Waals surface area contributed by atoms with E-state index in [0.717, 1.165) is 32.7 Å². The van der Waals surface area contributed by atoms with Gasteiger partial charge >= 0.3 is 0 Å². The third-order valence-corrected chi connectivity index (χ3v) is 3.96. The molecule has 1 fully saturated rings. The van der Waals surface area contributed by atoms with Gasteiger partial charge in [-0.2, -0.15) is 0 Å². The van der Waals surface area contributed by atoms with Gasteiger partial charge in [0.2, 0.25) is 5.91 Å². The normalized spacial score (nSPS) is 16.3. The Bertz CT molecular complexity index is 499. The molecule has 1 N–H and O–H groups in total. The Morgan fingerprint density at radius 1 is 1.17 bits per heavy atom. The van der Waals surface area contributed by atoms with Crippen LogP contribution in [0.15, 0.2) is 24.3 Å². The number of rotatable bonds is 8. The number of carbonyl (C=O) groups excluding carboxylic acids is 1. The van der Waals surface area contributed by atoms with Gasteiger partial charge in [0.25, 0.3) is 0 Å². The summed E-state index contributed by atoms with van der Waals surface area (Å²) < 4.78 is 18.2. The van der Waals surface area contributed by atoms with Crippen LogP contribution in [0.5, 0.6) is 5.75 Å². The smallest absolute Gasteiger partial charge is 0.234 e. The number of hydrogen-bond donors (Lipinski definition) is 1. The first-order valence-electron chi connectivity index (χ1n) is 8.62. The fourth-order valence-corrected chi connectivity index (χ4v) is 2.80. The van der Waals surface area contributed by atoms with E-state index in [1.807, 2.05) is 0 Å². The molecule has 1 aromatic carbocycles. The van der Waals surface area contributed by atoms with Crippen LogP contribution in [0, 0.1) is 11.7 Å². The standard InChI is InChI=1S/C18H28FN3O2/c1-15(2)13-21-8-10-22(11-9-21)14-18(23)20-7-12-24-17-5-3-16(19)4-6-17/h3-6,15H,7-14H2,1-2H3,(H,20,23). The maximum Gasteiger partial charge on any atom is 0.234 e. The quantitative estimate of drug-likeness (QED) is 0.732. The van der Waals surface area contributed by atoms with E-state index in [1.165, 1.54) is 12.1 Å². The van der Waals surface area contributed by atoms with E-state index in [9.17, 15) is 9.18 Å². The van der Waals surface area contributed by atoms with Gasteiger partial charge in [-0.25, -0.2) is 4.39 Å². The van der Waals surface area contributed by atoms with Gasteiger partial charge in [0.05, 0.1) is 13.1 Å². The van der Waals surface area contributed by atoms with Gasteiger partial charge in [-0.15, -0.1) is 0 Å². The van der Waals surface area contributed by atoms with Crippen LogP contribution in [0.3, 0.4) is 0 Å². The Kier molecular flexibility index (Phi) is 7.46. The third kappa shape index (κ3) is 6.84. The molecule has 134 valence electrons. The molecule has 0 unspecified atom stereocenters. The lowest BCUT2D eigenvalue weighted by Gasteiger charge is -2.35. The lowest BCUT2D eigenvalue weighted by atomic mass is 10.2. The zero-order chi connectivity index (χ0) is 17.4. The maximum absolute atomic E-state index is 12.8. The van der Waals surface area contributed by atoms with Crippen LogP contribution in [0.25, 0.3) is 0 Å². The first kappa shape index (κ1) is 18.7. The highest BCUT2D eigenvalue weighted by Crippen LogP contribution is 2.10. The molecule has 0 saturated carbocycles. The summed E-state index contributed by atoms with van der Waals surface area (Å²) in [7, 11) is 0. The lowest BCUT2D eigenvalue weighted by molar-refractivity contribution is -0.122. The van der Waals surface area contributed by atoms with Crippen molar-refractivity contribution >= 4 is 5.91 Å². The van der Waals surface area contributed by atoms with E-state index in [4.69, 9.17) is 4.74 Å². The number of amides is 1. The summed E-state index contributed by atoms with van der Waals surface area (Å²) in [4.78, 5) is 16.6. The molecule has 0 aliphatic carbocycles. The van der Waals surface area contributed by atoms with Crippen molar-refractivity contribution in [2.75, 3.05) is 52.4 Å². The Morgan fingerprint density at radius 2 is 1.79 bits per heavy atom. The zero-order valence-corrected chi connectivity index (χ0v) is 14.6. The maximum atomic E-state index is 12.8. The molecule has 0 bridgehead atoms. The Labute approximate surface area is 143 Å². The van der Waals surface area contributed by atoms with E-state index in [0.29, 0.717) is 31.4 Å². The third-order valence-electron chi connectivity index (χ3n) is 3.96.